The first-order valence-electron chi connectivity index (χ1n) is 6.30. The van der Waals surface area contributed by atoms with Crippen molar-refractivity contribution >= 4 is 17.7 Å². The molecule has 0 saturated heterocycles. The van der Waals surface area contributed by atoms with Gasteiger partial charge < -0.3 is 10.7 Å². The minimum absolute atomic E-state index is 0.0596. The number of carbonyl (C=O) groups excluding carboxylic acids is 1. The number of nitrogen functional groups attached to an aromatic ring is 1. The van der Waals surface area contributed by atoms with Gasteiger partial charge >= 0.3 is 0 Å². The first-order valence-corrected chi connectivity index (χ1v) is 7.29. The Bertz CT molecular complexity index is 557. The molecule has 0 fully saturated rings. The number of amides is 1. The largest absolute Gasteiger partial charge is 0.338 e. The van der Waals surface area contributed by atoms with Gasteiger partial charge in [0, 0.05) is 13.1 Å². The van der Waals surface area contributed by atoms with E-state index in [-0.39, 0.29) is 5.91 Å². The summed E-state index contributed by atoms with van der Waals surface area (Å²) in [6.45, 7) is 3.26. The van der Waals surface area contributed by atoms with Crippen molar-refractivity contribution in [3.63, 3.8) is 0 Å². The molecule has 20 heavy (non-hydrogen) atoms. The van der Waals surface area contributed by atoms with Crippen molar-refractivity contribution in [2.45, 2.75) is 18.6 Å². The van der Waals surface area contributed by atoms with Crippen LogP contribution in [0.4, 0.5) is 0 Å². The summed E-state index contributed by atoms with van der Waals surface area (Å²) in [4.78, 5) is 14.0. The topological polar surface area (TPSA) is 77.0 Å². The number of nitrogens with two attached hydrogens (primary N) is 1. The molecule has 0 aliphatic heterocycles. The Morgan fingerprint density at radius 2 is 2.15 bits per heavy atom. The van der Waals surface area contributed by atoms with E-state index in [0.717, 1.165) is 5.56 Å². The molecular formula is C13H17N5OS. The van der Waals surface area contributed by atoms with Gasteiger partial charge in [-0.25, -0.2) is 4.68 Å². The molecule has 106 valence electrons. The van der Waals surface area contributed by atoms with E-state index in [0.29, 0.717) is 24.0 Å². The van der Waals surface area contributed by atoms with E-state index in [9.17, 15) is 4.79 Å². The predicted octanol–water partition coefficient (Wildman–Crippen LogP) is 1.13. The number of benzene rings is 1. The van der Waals surface area contributed by atoms with Crippen molar-refractivity contribution in [2.75, 3.05) is 18.1 Å². The van der Waals surface area contributed by atoms with Gasteiger partial charge in [0.15, 0.2) is 0 Å². The van der Waals surface area contributed by atoms with Crippen molar-refractivity contribution in [1.82, 2.24) is 19.8 Å². The number of rotatable bonds is 6. The highest BCUT2D eigenvalue weighted by Gasteiger charge is 2.14. The number of thioether (sulfide) groups is 1. The molecule has 2 aromatic rings. The minimum Gasteiger partial charge on any atom is -0.338 e. The van der Waals surface area contributed by atoms with Crippen LogP contribution in [0.3, 0.4) is 0 Å². The summed E-state index contributed by atoms with van der Waals surface area (Å²) in [5, 5.41) is 8.05. The van der Waals surface area contributed by atoms with Gasteiger partial charge in [0.2, 0.25) is 11.1 Å². The lowest BCUT2D eigenvalue weighted by molar-refractivity contribution is -0.128. The second kappa shape index (κ2) is 6.95. The lowest BCUT2D eigenvalue weighted by Gasteiger charge is -2.20. The van der Waals surface area contributed by atoms with Gasteiger partial charge in [-0.1, -0.05) is 42.1 Å². The van der Waals surface area contributed by atoms with Crippen LogP contribution in [0.2, 0.25) is 0 Å². The maximum absolute atomic E-state index is 12.2. The molecule has 0 unspecified atom stereocenters. The molecule has 0 bridgehead atoms. The summed E-state index contributed by atoms with van der Waals surface area (Å²) < 4.78 is 1.31. The molecule has 0 saturated carbocycles. The Kier molecular flexibility index (Phi) is 5.00. The highest BCUT2D eigenvalue weighted by atomic mass is 32.2. The third kappa shape index (κ3) is 3.74. The van der Waals surface area contributed by atoms with Crippen molar-refractivity contribution in [3.05, 3.63) is 42.2 Å². The molecule has 2 rings (SSSR count). The van der Waals surface area contributed by atoms with E-state index >= 15 is 0 Å². The molecule has 1 aromatic carbocycles. The SMILES string of the molecule is CCN(Cc1ccccc1)C(=O)CSc1nncn1N. The third-order valence-electron chi connectivity index (χ3n) is 2.82. The van der Waals surface area contributed by atoms with E-state index in [2.05, 4.69) is 10.2 Å². The van der Waals surface area contributed by atoms with Gasteiger partial charge in [-0.3, -0.25) is 4.79 Å². The summed E-state index contributed by atoms with van der Waals surface area (Å²) in [7, 11) is 0. The molecule has 0 atom stereocenters. The van der Waals surface area contributed by atoms with E-state index in [1.54, 1.807) is 4.90 Å². The molecule has 1 amide bonds. The van der Waals surface area contributed by atoms with E-state index < -0.39 is 0 Å². The number of hydrogen-bond acceptors (Lipinski definition) is 5. The zero-order valence-corrected chi connectivity index (χ0v) is 12.1. The van der Waals surface area contributed by atoms with Crippen molar-refractivity contribution in [2.24, 2.45) is 0 Å². The first kappa shape index (κ1) is 14.4. The van der Waals surface area contributed by atoms with E-state index in [1.165, 1.54) is 22.8 Å². The average molecular weight is 291 g/mol. The molecule has 1 heterocycles. The highest BCUT2D eigenvalue weighted by molar-refractivity contribution is 7.99. The second-order valence-corrected chi connectivity index (χ2v) is 5.15. The van der Waals surface area contributed by atoms with Crippen LogP contribution in [0, 0.1) is 0 Å². The summed E-state index contributed by atoms with van der Waals surface area (Å²) in [5.74, 6) is 5.97. The van der Waals surface area contributed by atoms with Crippen LogP contribution < -0.4 is 5.84 Å². The number of aromatic nitrogens is 3. The van der Waals surface area contributed by atoms with Gasteiger partial charge in [0.05, 0.1) is 5.75 Å². The molecule has 0 spiro atoms. The average Bonchev–Trinajstić information content (AvgIpc) is 2.88. The Morgan fingerprint density at radius 1 is 1.40 bits per heavy atom. The first-order chi connectivity index (χ1) is 9.70. The van der Waals surface area contributed by atoms with Crippen LogP contribution in [0.15, 0.2) is 41.8 Å². The smallest absolute Gasteiger partial charge is 0.233 e. The maximum Gasteiger partial charge on any atom is 0.233 e. The third-order valence-corrected chi connectivity index (χ3v) is 3.76. The lowest BCUT2D eigenvalue weighted by Crippen LogP contribution is -2.31. The Hall–Kier alpha value is -2.02. The van der Waals surface area contributed by atoms with Gasteiger partial charge in [0.1, 0.15) is 6.33 Å². The summed E-state index contributed by atoms with van der Waals surface area (Å²) in [6, 6.07) is 9.93. The predicted molar refractivity (Wildman–Crippen MR) is 78.4 cm³/mol. The molecule has 0 aliphatic carbocycles. The molecular weight excluding hydrogens is 274 g/mol. The zero-order valence-electron chi connectivity index (χ0n) is 11.3. The zero-order chi connectivity index (χ0) is 14.4. The van der Waals surface area contributed by atoms with Gasteiger partial charge in [-0.2, -0.15) is 0 Å². The molecule has 7 heteroatoms. The van der Waals surface area contributed by atoms with Crippen LogP contribution in [0.1, 0.15) is 12.5 Å². The summed E-state index contributed by atoms with van der Waals surface area (Å²) >= 11 is 1.29. The normalized spacial score (nSPS) is 10.4. The molecule has 6 nitrogen and oxygen atoms in total. The van der Waals surface area contributed by atoms with Gasteiger partial charge in [-0.15, -0.1) is 10.2 Å². The summed E-state index contributed by atoms with van der Waals surface area (Å²) in [6.07, 6.45) is 1.41. The fraction of sp³-hybridized carbons (Fsp3) is 0.308. The fourth-order valence-corrected chi connectivity index (χ4v) is 2.47. The lowest BCUT2D eigenvalue weighted by atomic mass is 10.2. The second-order valence-electron chi connectivity index (χ2n) is 4.20. The van der Waals surface area contributed by atoms with Crippen LogP contribution in [0.25, 0.3) is 0 Å². The van der Waals surface area contributed by atoms with Crippen LogP contribution in [0.5, 0.6) is 0 Å². The molecule has 0 aliphatic rings. The molecule has 2 N–H and O–H groups in total. The quantitative estimate of drug-likeness (QED) is 0.638. The van der Waals surface area contributed by atoms with Crippen molar-refractivity contribution in [1.29, 1.82) is 0 Å². The number of carbonyl (C=O) groups is 1. The van der Waals surface area contributed by atoms with Gasteiger partial charge in [-0.05, 0) is 12.5 Å². The standard InChI is InChI=1S/C13H17N5OS/c1-2-17(8-11-6-4-3-5-7-11)12(19)9-20-13-16-15-10-18(13)14/h3-7,10H,2,8-9,14H2,1H3. The van der Waals surface area contributed by atoms with E-state index in [1.807, 2.05) is 37.3 Å². The Morgan fingerprint density at radius 3 is 2.75 bits per heavy atom. The van der Waals surface area contributed by atoms with Crippen LogP contribution >= 0.6 is 11.8 Å². The maximum atomic E-state index is 12.2. The van der Waals surface area contributed by atoms with E-state index in [4.69, 9.17) is 5.84 Å². The highest BCUT2D eigenvalue weighted by Crippen LogP contribution is 2.14. The number of nitrogens with zero attached hydrogens (tertiary/aromatic N) is 4. The Balaban J connectivity index is 1.91. The van der Waals surface area contributed by atoms with Crippen molar-refractivity contribution < 1.29 is 4.79 Å². The minimum atomic E-state index is 0.0596. The number of hydrogen-bond donors (Lipinski definition) is 1. The fourth-order valence-electron chi connectivity index (χ4n) is 1.73. The molecule has 1 aromatic heterocycles. The monoisotopic (exact) mass is 291 g/mol. The van der Waals surface area contributed by atoms with Gasteiger partial charge in [0.25, 0.3) is 0 Å². The van der Waals surface area contributed by atoms with Crippen LogP contribution in [-0.4, -0.2) is 38.0 Å². The Labute approximate surface area is 121 Å². The molecule has 0 radical (unpaired) electrons. The van der Waals surface area contributed by atoms with Crippen LogP contribution in [-0.2, 0) is 11.3 Å². The van der Waals surface area contributed by atoms with Crippen molar-refractivity contribution in [3.8, 4) is 0 Å². The summed E-state index contributed by atoms with van der Waals surface area (Å²) in [5.41, 5.74) is 1.12.